The summed E-state index contributed by atoms with van der Waals surface area (Å²) in [6, 6.07) is 8.15. The van der Waals surface area contributed by atoms with Crippen LogP contribution < -0.4 is 30.2 Å². The Bertz CT molecular complexity index is 1050. The van der Waals surface area contributed by atoms with Gasteiger partial charge in [-0.3, -0.25) is 0 Å². The van der Waals surface area contributed by atoms with Crippen LogP contribution in [-0.4, -0.2) is 38.3 Å². The van der Waals surface area contributed by atoms with E-state index < -0.39 is 5.82 Å². The lowest BCUT2D eigenvalue weighted by Gasteiger charge is -2.15. The van der Waals surface area contributed by atoms with Gasteiger partial charge in [0.15, 0.2) is 17.4 Å². The van der Waals surface area contributed by atoms with Gasteiger partial charge >= 0.3 is 0 Å². The first kappa shape index (κ1) is 21.3. The molecule has 0 spiro atoms. The van der Waals surface area contributed by atoms with Gasteiger partial charge in [0.2, 0.25) is 5.95 Å². The average molecular weight is 434 g/mol. The molecular weight excluding hydrogens is 413 g/mol. The van der Waals surface area contributed by atoms with Crippen LogP contribution in [0.5, 0.6) is 17.2 Å². The Morgan fingerprint density at radius 3 is 2.33 bits per heavy atom. The topological polar surface area (TPSA) is 89.6 Å². The molecule has 0 bridgehead atoms. The molecule has 158 valence electrons. The number of hydrogen-bond acceptors (Lipinski definition) is 8. The quantitative estimate of drug-likeness (QED) is 0.465. The molecule has 0 aliphatic heterocycles. The van der Waals surface area contributed by atoms with Crippen LogP contribution in [0.1, 0.15) is 0 Å². The van der Waals surface area contributed by atoms with Crippen LogP contribution in [-0.2, 0) is 0 Å². The van der Waals surface area contributed by atoms with Gasteiger partial charge in [-0.15, -0.1) is 0 Å². The molecule has 0 aliphatic rings. The molecule has 0 atom stereocenters. The van der Waals surface area contributed by atoms with Crippen LogP contribution in [0, 0.1) is 5.82 Å². The number of nitrogens with zero attached hydrogens (tertiary/aromatic N) is 2. The molecule has 1 heterocycles. The van der Waals surface area contributed by atoms with Crippen LogP contribution in [0.15, 0.2) is 36.5 Å². The van der Waals surface area contributed by atoms with E-state index in [1.165, 1.54) is 32.5 Å². The van der Waals surface area contributed by atoms with Crippen molar-refractivity contribution in [2.45, 2.75) is 0 Å². The number of nitrogens with one attached hydrogen (secondary N) is 3. The first-order valence-electron chi connectivity index (χ1n) is 8.83. The van der Waals surface area contributed by atoms with E-state index in [0.717, 1.165) is 11.4 Å². The molecule has 0 amide bonds. The third kappa shape index (κ3) is 4.57. The van der Waals surface area contributed by atoms with E-state index in [-0.39, 0.29) is 11.7 Å². The van der Waals surface area contributed by atoms with Crippen LogP contribution in [0.3, 0.4) is 0 Å². The summed E-state index contributed by atoms with van der Waals surface area (Å²) >= 11 is 6.26. The van der Waals surface area contributed by atoms with Gasteiger partial charge in [0.25, 0.3) is 0 Å². The Morgan fingerprint density at radius 2 is 1.67 bits per heavy atom. The van der Waals surface area contributed by atoms with Crippen molar-refractivity contribution in [3.63, 3.8) is 0 Å². The molecule has 10 heteroatoms. The Kier molecular flexibility index (Phi) is 6.63. The molecule has 3 rings (SSSR count). The van der Waals surface area contributed by atoms with Crippen LogP contribution >= 0.6 is 11.6 Å². The fourth-order valence-corrected chi connectivity index (χ4v) is 2.83. The molecule has 0 unspecified atom stereocenters. The molecule has 3 aromatic rings. The van der Waals surface area contributed by atoms with Crippen molar-refractivity contribution in [1.29, 1.82) is 0 Å². The number of hydrogen-bond donors (Lipinski definition) is 3. The van der Waals surface area contributed by atoms with Crippen molar-refractivity contribution in [2.24, 2.45) is 0 Å². The summed E-state index contributed by atoms with van der Waals surface area (Å²) in [5.74, 6) is 1.15. The van der Waals surface area contributed by atoms with Crippen LogP contribution in [0.2, 0.25) is 5.02 Å². The van der Waals surface area contributed by atoms with Crippen molar-refractivity contribution in [3.8, 4) is 17.2 Å². The Balaban J connectivity index is 1.91. The fraction of sp³-hybridized carbons (Fsp3) is 0.200. The maximum Gasteiger partial charge on any atom is 0.229 e. The third-order valence-electron chi connectivity index (χ3n) is 4.21. The summed E-state index contributed by atoms with van der Waals surface area (Å²) in [6.07, 6.45) is 1.44. The second-order valence-electron chi connectivity index (χ2n) is 5.99. The molecule has 2 aromatic carbocycles. The zero-order chi connectivity index (χ0) is 21.7. The molecule has 8 nitrogen and oxygen atoms in total. The summed E-state index contributed by atoms with van der Waals surface area (Å²) in [7, 11) is 6.23. The predicted molar refractivity (Wildman–Crippen MR) is 116 cm³/mol. The van der Waals surface area contributed by atoms with Crippen LogP contribution in [0.25, 0.3) is 0 Å². The molecular formula is C20H21ClFN5O3. The minimum absolute atomic E-state index is 0.0656. The van der Waals surface area contributed by atoms with Crippen molar-refractivity contribution in [1.82, 2.24) is 9.97 Å². The van der Waals surface area contributed by atoms with E-state index >= 15 is 0 Å². The van der Waals surface area contributed by atoms with Crippen LogP contribution in [0.4, 0.5) is 33.2 Å². The van der Waals surface area contributed by atoms with Crippen molar-refractivity contribution < 1.29 is 18.6 Å². The lowest BCUT2D eigenvalue weighted by Crippen LogP contribution is -2.04. The van der Waals surface area contributed by atoms with Gasteiger partial charge in [0.05, 0.1) is 44.6 Å². The first-order valence-corrected chi connectivity index (χ1v) is 9.20. The van der Waals surface area contributed by atoms with Gasteiger partial charge in [0, 0.05) is 25.2 Å². The first-order chi connectivity index (χ1) is 14.5. The Morgan fingerprint density at radius 1 is 0.900 bits per heavy atom. The molecule has 3 N–H and O–H groups in total. The number of halogens is 2. The zero-order valence-electron chi connectivity index (χ0n) is 16.8. The van der Waals surface area contributed by atoms with E-state index in [0.29, 0.717) is 28.0 Å². The fourth-order valence-electron chi connectivity index (χ4n) is 2.69. The van der Waals surface area contributed by atoms with Crippen molar-refractivity contribution in [2.75, 3.05) is 44.3 Å². The van der Waals surface area contributed by atoms with Gasteiger partial charge in [-0.2, -0.15) is 4.98 Å². The number of ether oxygens (including phenoxy) is 3. The summed E-state index contributed by atoms with van der Waals surface area (Å²) in [5, 5.41) is 9.49. The number of anilines is 5. The number of aromatic nitrogens is 2. The number of benzene rings is 2. The number of rotatable bonds is 8. The molecule has 0 saturated heterocycles. The average Bonchev–Trinajstić information content (AvgIpc) is 2.76. The lowest BCUT2D eigenvalue weighted by molar-refractivity contribution is 0.375. The Hall–Kier alpha value is -3.46. The summed E-state index contributed by atoms with van der Waals surface area (Å²) in [4.78, 5) is 8.55. The van der Waals surface area contributed by atoms with Gasteiger partial charge in [-0.25, -0.2) is 9.37 Å². The Labute approximate surface area is 178 Å². The van der Waals surface area contributed by atoms with E-state index in [1.54, 1.807) is 14.2 Å². The summed E-state index contributed by atoms with van der Waals surface area (Å²) < 4.78 is 29.6. The van der Waals surface area contributed by atoms with E-state index in [9.17, 15) is 4.39 Å². The minimum atomic E-state index is -0.551. The van der Waals surface area contributed by atoms with E-state index in [1.807, 2.05) is 18.2 Å². The van der Waals surface area contributed by atoms with Crippen molar-refractivity contribution >= 4 is 40.4 Å². The largest absolute Gasteiger partial charge is 0.497 e. The van der Waals surface area contributed by atoms with E-state index in [2.05, 4.69) is 25.9 Å². The predicted octanol–water partition coefficient (Wildman–Crippen LogP) is 4.82. The maximum absolute atomic E-state index is 14.1. The highest BCUT2D eigenvalue weighted by Crippen LogP contribution is 2.35. The highest BCUT2D eigenvalue weighted by molar-refractivity contribution is 6.33. The highest BCUT2D eigenvalue weighted by Gasteiger charge is 2.14. The monoisotopic (exact) mass is 433 g/mol. The minimum Gasteiger partial charge on any atom is -0.497 e. The maximum atomic E-state index is 14.1. The van der Waals surface area contributed by atoms with Gasteiger partial charge in [-0.05, 0) is 12.1 Å². The highest BCUT2D eigenvalue weighted by atomic mass is 35.5. The van der Waals surface area contributed by atoms with E-state index in [4.69, 9.17) is 25.8 Å². The molecule has 0 saturated carbocycles. The van der Waals surface area contributed by atoms with Gasteiger partial charge in [-0.1, -0.05) is 11.6 Å². The molecule has 0 fully saturated rings. The summed E-state index contributed by atoms with van der Waals surface area (Å²) in [5.41, 5.74) is 1.86. The standard InChI is InChI=1S/C20H21ClFN5O3/c1-23-15-7-11(28-2)5-6-14(15)25-19-12(21)10-24-20(27-19)26-16-8-13(22)17(29-3)9-18(16)30-4/h5-10,23H,1-4H3,(H2,24,25,26,27). The number of methoxy groups -OCH3 is 3. The molecule has 30 heavy (non-hydrogen) atoms. The molecule has 0 aliphatic carbocycles. The SMILES string of the molecule is CNc1cc(OC)ccc1Nc1nc(Nc2cc(F)c(OC)cc2OC)ncc1Cl. The van der Waals surface area contributed by atoms with Crippen molar-refractivity contribution in [3.05, 3.63) is 47.4 Å². The molecule has 0 radical (unpaired) electrons. The third-order valence-corrected chi connectivity index (χ3v) is 4.49. The zero-order valence-corrected chi connectivity index (χ0v) is 17.6. The molecule has 1 aromatic heterocycles. The summed E-state index contributed by atoms with van der Waals surface area (Å²) in [6.45, 7) is 0. The lowest BCUT2D eigenvalue weighted by atomic mass is 10.2. The smallest absolute Gasteiger partial charge is 0.229 e. The van der Waals surface area contributed by atoms with Gasteiger partial charge < -0.3 is 30.2 Å². The normalized spacial score (nSPS) is 10.3. The second kappa shape index (κ2) is 9.36. The second-order valence-corrected chi connectivity index (χ2v) is 6.40. The van der Waals surface area contributed by atoms with Gasteiger partial charge in [0.1, 0.15) is 16.5 Å².